The van der Waals surface area contributed by atoms with Crippen LogP contribution >= 0.6 is 24.8 Å². The summed E-state index contributed by atoms with van der Waals surface area (Å²) in [6.45, 7) is 5.67. The van der Waals surface area contributed by atoms with Gasteiger partial charge in [0.2, 0.25) is 0 Å². The van der Waals surface area contributed by atoms with Crippen LogP contribution < -0.4 is 5.73 Å². The van der Waals surface area contributed by atoms with E-state index in [2.05, 4.69) is 18.8 Å². The highest BCUT2D eigenvalue weighted by molar-refractivity contribution is 5.94. The van der Waals surface area contributed by atoms with E-state index in [4.69, 9.17) is 5.73 Å². The fourth-order valence-corrected chi connectivity index (χ4v) is 2.78. The minimum atomic E-state index is -0.0347. The van der Waals surface area contributed by atoms with Crippen LogP contribution in [0.15, 0.2) is 30.7 Å². The van der Waals surface area contributed by atoms with Gasteiger partial charge < -0.3 is 15.0 Å². The smallest absolute Gasteiger partial charge is 0.255 e. The summed E-state index contributed by atoms with van der Waals surface area (Å²) in [5.41, 5.74) is 7.63. The van der Waals surface area contributed by atoms with Gasteiger partial charge in [-0.1, -0.05) is 13.8 Å². The van der Waals surface area contributed by atoms with Crippen molar-refractivity contribution in [2.75, 3.05) is 13.1 Å². The van der Waals surface area contributed by atoms with Gasteiger partial charge in [0, 0.05) is 37.7 Å². The number of hydrogen-bond donors (Lipinski definition) is 1. The number of pyridine rings is 1. The molecule has 2 aromatic rings. The molecule has 22 heavy (non-hydrogen) atoms. The van der Waals surface area contributed by atoms with Crippen LogP contribution in [-0.2, 0) is 0 Å². The van der Waals surface area contributed by atoms with Crippen LogP contribution in [0.3, 0.4) is 0 Å². The van der Waals surface area contributed by atoms with E-state index in [1.54, 1.807) is 6.20 Å². The zero-order valence-electron chi connectivity index (χ0n) is 12.7. The lowest BCUT2D eigenvalue weighted by atomic mass is 9.79. The second-order valence-corrected chi connectivity index (χ2v) is 6.22. The standard InChI is InChI=1S/C15H20N4O.2ClH/c1-15(2)10-19(7-5-12(15)16)14(20)11-3-4-13-17-6-8-18(13)9-11;;/h3-4,6,8-9,12H,5,7,10,16H2,1-2H3;2*1H. The van der Waals surface area contributed by atoms with Crippen molar-refractivity contribution in [3.05, 3.63) is 36.3 Å². The summed E-state index contributed by atoms with van der Waals surface area (Å²) in [6.07, 6.45) is 6.27. The summed E-state index contributed by atoms with van der Waals surface area (Å²) in [4.78, 5) is 18.7. The van der Waals surface area contributed by atoms with Gasteiger partial charge in [-0.2, -0.15) is 0 Å². The fraction of sp³-hybridized carbons (Fsp3) is 0.467. The van der Waals surface area contributed by atoms with Crippen molar-refractivity contribution in [2.45, 2.75) is 26.3 Å². The second kappa shape index (κ2) is 6.86. The number of rotatable bonds is 1. The van der Waals surface area contributed by atoms with Crippen molar-refractivity contribution in [1.82, 2.24) is 14.3 Å². The predicted molar refractivity (Wildman–Crippen MR) is 92.0 cm³/mol. The summed E-state index contributed by atoms with van der Waals surface area (Å²) in [6, 6.07) is 3.86. The lowest BCUT2D eigenvalue weighted by molar-refractivity contribution is 0.0532. The van der Waals surface area contributed by atoms with Crippen molar-refractivity contribution in [1.29, 1.82) is 0 Å². The first-order valence-corrected chi connectivity index (χ1v) is 6.95. The van der Waals surface area contributed by atoms with Gasteiger partial charge in [0.15, 0.2) is 0 Å². The molecule has 3 heterocycles. The molecule has 1 fully saturated rings. The summed E-state index contributed by atoms with van der Waals surface area (Å²) in [5.74, 6) is 0.0700. The number of fused-ring (bicyclic) bond motifs is 1. The van der Waals surface area contributed by atoms with Crippen LogP contribution in [-0.4, -0.2) is 39.3 Å². The third-order valence-electron chi connectivity index (χ3n) is 4.24. The third-order valence-corrected chi connectivity index (χ3v) is 4.24. The first-order valence-electron chi connectivity index (χ1n) is 6.95. The maximum atomic E-state index is 12.6. The van der Waals surface area contributed by atoms with Crippen LogP contribution in [0.5, 0.6) is 0 Å². The molecule has 0 saturated carbocycles. The van der Waals surface area contributed by atoms with Gasteiger partial charge in [-0.25, -0.2) is 4.98 Å². The Morgan fingerprint density at radius 1 is 1.36 bits per heavy atom. The molecule has 5 nitrogen and oxygen atoms in total. The maximum absolute atomic E-state index is 12.6. The van der Waals surface area contributed by atoms with E-state index < -0.39 is 0 Å². The van der Waals surface area contributed by atoms with E-state index >= 15 is 0 Å². The molecule has 0 spiro atoms. The van der Waals surface area contributed by atoms with Crippen LogP contribution in [0.4, 0.5) is 0 Å². The minimum absolute atomic E-state index is 0. The molecule has 2 aromatic heterocycles. The molecule has 3 rings (SSSR count). The molecule has 0 aliphatic carbocycles. The number of carbonyl (C=O) groups is 1. The Hall–Kier alpha value is -1.30. The zero-order valence-corrected chi connectivity index (χ0v) is 14.4. The highest BCUT2D eigenvalue weighted by Gasteiger charge is 2.35. The average Bonchev–Trinajstić information content (AvgIpc) is 2.88. The molecule has 1 aliphatic rings. The SMILES string of the molecule is CC1(C)CN(C(=O)c2ccc3nccn3c2)CCC1N.Cl.Cl. The number of nitrogens with zero attached hydrogens (tertiary/aromatic N) is 3. The Morgan fingerprint density at radius 2 is 2.09 bits per heavy atom. The Kier molecular flexibility index (Phi) is 5.84. The number of carbonyl (C=O) groups excluding carboxylic acids is 1. The van der Waals surface area contributed by atoms with Crippen LogP contribution in [0.2, 0.25) is 0 Å². The molecule has 1 unspecified atom stereocenters. The first-order chi connectivity index (χ1) is 9.47. The van der Waals surface area contributed by atoms with Gasteiger partial charge >= 0.3 is 0 Å². The van der Waals surface area contributed by atoms with Gasteiger partial charge in [-0.3, -0.25) is 4.79 Å². The molecule has 0 radical (unpaired) electrons. The van der Waals surface area contributed by atoms with Crippen molar-refractivity contribution in [3.8, 4) is 0 Å². The molecule has 0 bridgehead atoms. The first kappa shape index (κ1) is 18.7. The zero-order chi connectivity index (χ0) is 14.3. The molecule has 1 atom stereocenters. The Balaban J connectivity index is 0.00000121. The molecule has 7 heteroatoms. The van der Waals surface area contributed by atoms with Gasteiger partial charge in [0.1, 0.15) is 5.65 Å². The van der Waals surface area contributed by atoms with E-state index in [1.807, 2.05) is 33.8 Å². The van der Waals surface area contributed by atoms with Crippen LogP contribution in [0, 0.1) is 5.41 Å². The third kappa shape index (κ3) is 3.37. The number of hydrogen-bond acceptors (Lipinski definition) is 3. The highest BCUT2D eigenvalue weighted by atomic mass is 35.5. The van der Waals surface area contributed by atoms with Crippen molar-refractivity contribution in [2.24, 2.45) is 11.1 Å². The minimum Gasteiger partial charge on any atom is -0.338 e. The van der Waals surface area contributed by atoms with Crippen molar-refractivity contribution >= 4 is 36.4 Å². The molecule has 2 N–H and O–H groups in total. The summed E-state index contributed by atoms with van der Waals surface area (Å²) >= 11 is 0. The Labute approximate surface area is 142 Å². The highest BCUT2D eigenvalue weighted by Crippen LogP contribution is 2.28. The molecule has 1 saturated heterocycles. The number of imidazole rings is 1. The number of halogens is 2. The van der Waals surface area contributed by atoms with E-state index in [0.717, 1.165) is 18.6 Å². The summed E-state index contributed by atoms with van der Waals surface area (Å²) in [5, 5.41) is 0. The van der Waals surface area contributed by atoms with E-state index in [9.17, 15) is 4.79 Å². The van der Waals surface area contributed by atoms with Crippen LogP contribution in [0.1, 0.15) is 30.6 Å². The Morgan fingerprint density at radius 3 is 2.77 bits per heavy atom. The molecular weight excluding hydrogens is 323 g/mol. The largest absolute Gasteiger partial charge is 0.338 e. The summed E-state index contributed by atoms with van der Waals surface area (Å²) < 4.78 is 1.87. The number of likely N-dealkylation sites (tertiary alicyclic amines) is 1. The lowest BCUT2D eigenvalue weighted by Gasteiger charge is -2.42. The topological polar surface area (TPSA) is 63.6 Å². The molecular formula is C15H22Cl2N4O. The number of nitrogens with two attached hydrogens (primary N) is 1. The lowest BCUT2D eigenvalue weighted by Crippen LogP contribution is -2.54. The molecule has 1 aliphatic heterocycles. The molecule has 0 aromatic carbocycles. The maximum Gasteiger partial charge on any atom is 0.255 e. The van der Waals surface area contributed by atoms with E-state index in [-0.39, 0.29) is 42.2 Å². The number of piperidine rings is 1. The van der Waals surface area contributed by atoms with Gasteiger partial charge in [0.25, 0.3) is 5.91 Å². The van der Waals surface area contributed by atoms with E-state index in [0.29, 0.717) is 12.1 Å². The van der Waals surface area contributed by atoms with Gasteiger partial charge in [0.05, 0.1) is 5.56 Å². The quantitative estimate of drug-likeness (QED) is 0.863. The summed E-state index contributed by atoms with van der Waals surface area (Å²) in [7, 11) is 0. The van der Waals surface area contributed by atoms with Crippen LogP contribution in [0.25, 0.3) is 5.65 Å². The monoisotopic (exact) mass is 344 g/mol. The second-order valence-electron chi connectivity index (χ2n) is 6.22. The number of amides is 1. The Bertz CT molecular complexity index is 656. The number of aromatic nitrogens is 2. The van der Waals surface area contributed by atoms with Crippen molar-refractivity contribution in [3.63, 3.8) is 0 Å². The molecule has 1 amide bonds. The van der Waals surface area contributed by atoms with E-state index in [1.165, 1.54) is 0 Å². The average molecular weight is 345 g/mol. The van der Waals surface area contributed by atoms with Gasteiger partial charge in [-0.15, -0.1) is 24.8 Å². The predicted octanol–water partition coefficient (Wildman–Crippen LogP) is 2.38. The normalized spacial score (nSPS) is 20.1. The van der Waals surface area contributed by atoms with Crippen molar-refractivity contribution < 1.29 is 4.79 Å². The van der Waals surface area contributed by atoms with Gasteiger partial charge in [-0.05, 0) is 24.0 Å². The fourth-order valence-electron chi connectivity index (χ4n) is 2.78. The molecule has 122 valence electrons.